The van der Waals surface area contributed by atoms with Crippen molar-refractivity contribution in [3.05, 3.63) is 48.5 Å². The topological polar surface area (TPSA) is 182 Å². The molecule has 4 heterocycles. The van der Waals surface area contributed by atoms with Crippen molar-refractivity contribution in [3.63, 3.8) is 0 Å². The first kappa shape index (κ1) is 24.3. The molecule has 14 nitrogen and oxygen atoms in total. The summed E-state index contributed by atoms with van der Waals surface area (Å²) in [6.07, 6.45) is -0.987. The molecular weight excluding hydrogens is 494 g/mol. The van der Waals surface area contributed by atoms with Gasteiger partial charge in [0.15, 0.2) is 23.5 Å². The Morgan fingerprint density at radius 1 is 1.17 bits per heavy atom. The van der Waals surface area contributed by atoms with Crippen molar-refractivity contribution in [1.29, 1.82) is 0 Å². The molecule has 15 heteroatoms. The number of hydrogen-bond donors (Lipinski definition) is 3. The van der Waals surface area contributed by atoms with Gasteiger partial charge < -0.3 is 24.7 Å². The van der Waals surface area contributed by atoms with Crippen LogP contribution in [0.2, 0.25) is 0 Å². The van der Waals surface area contributed by atoms with E-state index in [1.165, 1.54) is 12.7 Å². The van der Waals surface area contributed by atoms with Gasteiger partial charge in [-0.3, -0.25) is 4.57 Å². The van der Waals surface area contributed by atoms with Crippen molar-refractivity contribution >= 4 is 33.3 Å². The van der Waals surface area contributed by atoms with E-state index in [9.17, 15) is 13.2 Å². The first-order valence-corrected chi connectivity index (χ1v) is 12.5. The van der Waals surface area contributed by atoms with E-state index in [0.717, 1.165) is 5.56 Å². The number of benzene rings is 1. The third kappa shape index (κ3) is 4.96. The van der Waals surface area contributed by atoms with Gasteiger partial charge in [0, 0.05) is 6.54 Å². The molecule has 0 unspecified atom stereocenters. The Morgan fingerprint density at radius 3 is 2.69 bits per heavy atom. The Bertz CT molecular complexity index is 1370. The highest BCUT2D eigenvalue weighted by atomic mass is 32.2. The van der Waals surface area contributed by atoms with Crippen molar-refractivity contribution in [3.8, 4) is 0 Å². The molecule has 3 aromatic rings. The summed E-state index contributed by atoms with van der Waals surface area (Å²) in [6.45, 7) is 3.22. The lowest BCUT2D eigenvalue weighted by Crippen LogP contribution is -2.46. The summed E-state index contributed by atoms with van der Waals surface area (Å²) in [5, 5.41) is 0. The van der Waals surface area contributed by atoms with Gasteiger partial charge in [-0.05, 0) is 19.4 Å². The molecule has 1 aromatic carbocycles. The third-order valence-corrected chi connectivity index (χ3v) is 6.67. The van der Waals surface area contributed by atoms with Gasteiger partial charge in [-0.25, -0.2) is 24.5 Å². The maximum Gasteiger partial charge on any atom is 0.422 e. The fourth-order valence-electron chi connectivity index (χ4n) is 4.19. The van der Waals surface area contributed by atoms with Crippen LogP contribution < -0.4 is 15.2 Å². The molecule has 5 rings (SSSR count). The van der Waals surface area contributed by atoms with Crippen LogP contribution in [0.5, 0.6) is 0 Å². The lowest BCUT2D eigenvalue weighted by atomic mass is 10.1. The van der Waals surface area contributed by atoms with Gasteiger partial charge in [-0.1, -0.05) is 30.3 Å². The highest BCUT2D eigenvalue weighted by Gasteiger charge is 2.56. The van der Waals surface area contributed by atoms with Gasteiger partial charge in [-0.2, -0.15) is 13.1 Å². The van der Waals surface area contributed by atoms with Gasteiger partial charge >= 0.3 is 16.3 Å². The van der Waals surface area contributed by atoms with Crippen molar-refractivity contribution in [2.75, 3.05) is 12.3 Å². The van der Waals surface area contributed by atoms with Crippen LogP contribution in [0.15, 0.2) is 43.0 Å². The average Bonchev–Trinajstić information content (AvgIpc) is 3.48. The van der Waals surface area contributed by atoms with Crippen molar-refractivity contribution in [2.24, 2.45) is 0 Å². The van der Waals surface area contributed by atoms with E-state index < -0.39 is 46.6 Å². The number of carbonyl (C=O) groups excluding carboxylic acids is 1. The SMILES string of the molecule is CC1(C)O[C@@H]2[C@H](O1)[C@@H](CNS(=O)(=O)NC(=O)OCc1ccccc1)O[C@H]2n1cnc2c(N)ncnc21. The van der Waals surface area contributed by atoms with Gasteiger partial charge in [0.25, 0.3) is 0 Å². The highest BCUT2D eigenvalue weighted by Crippen LogP contribution is 2.43. The first-order chi connectivity index (χ1) is 17.1. The molecule has 0 aliphatic carbocycles. The van der Waals surface area contributed by atoms with Crippen LogP contribution >= 0.6 is 0 Å². The molecule has 2 aliphatic heterocycles. The number of imidazole rings is 1. The first-order valence-electron chi connectivity index (χ1n) is 11.0. The Balaban J connectivity index is 1.26. The monoisotopic (exact) mass is 519 g/mol. The fourth-order valence-corrected chi connectivity index (χ4v) is 4.93. The number of amides is 1. The molecule has 0 saturated carbocycles. The summed E-state index contributed by atoms with van der Waals surface area (Å²) < 4.78 is 53.8. The number of nitrogens with two attached hydrogens (primary N) is 1. The van der Waals surface area contributed by atoms with E-state index in [1.807, 2.05) is 10.8 Å². The molecule has 0 radical (unpaired) electrons. The molecule has 0 spiro atoms. The number of aromatic nitrogens is 4. The van der Waals surface area contributed by atoms with Crippen molar-refractivity contribution in [2.45, 2.75) is 50.8 Å². The van der Waals surface area contributed by atoms with Gasteiger partial charge in [0.2, 0.25) is 0 Å². The summed E-state index contributed by atoms with van der Waals surface area (Å²) in [4.78, 5) is 24.4. The zero-order chi connectivity index (χ0) is 25.5. The molecule has 2 aromatic heterocycles. The number of hydrogen-bond acceptors (Lipinski definition) is 11. The van der Waals surface area contributed by atoms with E-state index >= 15 is 0 Å². The summed E-state index contributed by atoms with van der Waals surface area (Å²) >= 11 is 0. The van der Waals surface area contributed by atoms with Gasteiger partial charge in [0.05, 0.1) is 6.33 Å². The minimum atomic E-state index is -4.25. The van der Waals surface area contributed by atoms with Crippen LogP contribution in [0.1, 0.15) is 25.6 Å². The van der Waals surface area contributed by atoms with E-state index in [4.69, 9.17) is 24.7 Å². The molecule has 2 fully saturated rings. The second-order valence-corrected chi connectivity index (χ2v) is 10.2. The standard InChI is InChI=1S/C21H25N7O7S/c1-21(2)34-15-13(8-26-36(30,31)27-20(29)32-9-12-6-4-3-5-7-12)33-19(16(15)35-21)28-11-25-14-17(22)23-10-24-18(14)28/h3-7,10-11,13,15-16,19,26H,8-9H2,1-2H3,(H,27,29)(H2,22,23,24)/t13-,15-,16-,19-/m1/s1. The van der Waals surface area contributed by atoms with Crippen LogP contribution in [0, 0.1) is 0 Å². The maximum atomic E-state index is 12.5. The number of carbonyl (C=O) groups is 1. The Morgan fingerprint density at radius 2 is 1.92 bits per heavy atom. The lowest BCUT2D eigenvalue weighted by Gasteiger charge is -2.24. The number of nitrogens with one attached hydrogen (secondary N) is 2. The van der Waals surface area contributed by atoms with Gasteiger partial charge in [-0.15, -0.1) is 0 Å². The predicted octanol–water partition coefficient (Wildman–Crippen LogP) is 0.587. The number of rotatable bonds is 7. The zero-order valence-corrected chi connectivity index (χ0v) is 20.2. The van der Waals surface area contributed by atoms with Crippen LogP contribution in [0.25, 0.3) is 11.2 Å². The largest absolute Gasteiger partial charge is 0.444 e. The van der Waals surface area contributed by atoms with Crippen molar-refractivity contribution < 1.29 is 32.2 Å². The number of nitrogens with zero attached hydrogens (tertiary/aromatic N) is 4. The number of ether oxygens (including phenoxy) is 4. The van der Waals surface area contributed by atoms with Gasteiger partial charge in [0.1, 0.15) is 36.8 Å². The summed E-state index contributed by atoms with van der Waals surface area (Å²) in [5.74, 6) is -0.718. The molecular formula is C21H25N7O7S. The molecule has 36 heavy (non-hydrogen) atoms. The fraction of sp³-hybridized carbons (Fsp3) is 0.429. The molecule has 0 bridgehead atoms. The minimum Gasteiger partial charge on any atom is -0.444 e. The normalized spacial score (nSPS) is 25.1. The highest BCUT2D eigenvalue weighted by molar-refractivity contribution is 7.88. The minimum absolute atomic E-state index is 0.0768. The Labute approximate surface area is 206 Å². The van der Waals surface area contributed by atoms with E-state index in [0.29, 0.717) is 11.2 Å². The Kier molecular flexibility index (Phi) is 6.25. The van der Waals surface area contributed by atoms with E-state index in [-0.39, 0.29) is 19.0 Å². The average molecular weight is 520 g/mol. The predicted molar refractivity (Wildman–Crippen MR) is 124 cm³/mol. The zero-order valence-electron chi connectivity index (χ0n) is 19.4. The van der Waals surface area contributed by atoms with Crippen LogP contribution in [-0.4, -0.2) is 64.7 Å². The molecule has 192 valence electrons. The van der Waals surface area contributed by atoms with E-state index in [1.54, 1.807) is 42.7 Å². The van der Waals surface area contributed by atoms with Crippen molar-refractivity contribution in [1.82, 2.24) is 29.0 Å². The maximum absolute atomic E-state index is 12.5. The second-order valence-electron chi connectivity index (χ2n) is 8.73. The smallest absolute Gasteiger partial charge is 0.422 e. The quantitative estimate of drug-likeness (QED) is 0.397. The summed E-state index contributed by atoms with van der Waals surface area (Å²) in [6, 6.07) is 8.87. The molecule has 2 saturated heterocycles. The van der Waals surface area contributed by atoms with Crippen LogP contribution in [-0.2, 0) is 35.8 Å². The number of nitrogen functional groups attached to an aromatic ring is 1. The molecule has 2 aliphatic rings. The molecule has 4 atom stereocenters. The summed E-state index contributed by atoms with van der Waals surface area (Å²) in [7, 11) is -4.25. The molecule has 1 amide bonds. The Hall–Kier alpha value is -3.37. The van der Waals surface area contributed by atoms with Crippen LogP contribution in [0.4, 0.5) is 10.6 Å². The second kappa shape index (κ2) is 9.25. The number of anilines is 1. The third-order valence-electron chi connectivity index (χ3n) is 5.69. The number of fused-ring (bicyclic) bond motifs is 2. The van der Waals surface area contributed by atoms with Crippen LogP contribution in [0.3, 0.4) is 0 Å². The van der Waals surface area contributed by atoms with E-state index in [2.05, 4.69) is 19.7 Å². The molecule has 4 N–H and O–H groups in total. The summed E-state index contributed by atoms with van der Waals surface area (Å²) in [5.41, 5.74) is 7.44. The lowest BCUT2D eigenvalue weighted by molar-refractivity contribution is -0.195.